The highest BCUT2D eigenvalue weighted by atomic mass is 35.5. The lowest BCUT2D eigenvalue weighted by atomic mass is 10.1. The minimum Gasteiger partial charge on any atom is -0.351 e. The van der Waals surface area contributed by atoms with E-state index in [4.69, 9.17) is 16.6 Å². The van der Waals surface area contributed by atoms with Gasteiger partial charge in [-0.3, -0.25) is 4.79 Å². The van der Waals surface area contributed by atoms with Gasteiger partial charge in [-0.15, -0.1) is 0 Å². The number of carbonyl (C=O) groups excluding carboxylic acids is 1. The third-order valence-electron chi connectivity index (χ3n) is 5.11. The standard InChI is InChI=1S/C21H20ClN7O/c1-11-3-4-15(22)9-17(11)26-20-27-19-14(7-13-8-18(30)24-12(13)2)10-23-29(19)21(28-20)25-16-5-6-16/h3-4,7,9-10,16H,2,5-6,8H2,1H3,(H,24,30)(H2,25,26,27,28)/b13-7+. The predicted molar refractivity (Wildman–Crippen MR) is 117 cm³/mol. The highest BCUT2D eigenvalue weighted by Gasteiger charge is 2.24. The van der Waals surface area contributed by atoms with Gasteiger partial charge in [-0.1, -0.05) is 24.2 Å². The van der Waals surface area contributed by atoms with Crippen LogP contribution in [0, 0.1) is 6.92 Å². The Kier molecular flexibility index (Phi) is 4.43. The third-order valence-corrected chi connectivity index (χ3v) is 5.35. The Morgan fingerprint density at radius 2 is 2.17 bits per heavy atom. The van der Waals surface area contributed by atoms with Crippen molar-refractivity contribution in [1.29, 1.82) is 0 Å². The molecule has 1 saturated heterocycles. The van der Waals surface area contributed by atoms with Crippen molar-refractivity contribution in [3.05, 3.63) is 58.4 Å². The van der Waals surface area contributed by atoms with Crippen LogP contribution in [0.15, 0.2) is 42.2 Å². The molecule has 2 aromatic heterocycles. The SMILES string of the molecule is C=C1NC(=O)C/C1=C\c1cnn2c(NC3CC3)nc(Nc3cc(Cl)ccc3C)nc12. The van der Waals surface area contributed by atoms with Crippen molar-refractivity contribution in [2.45, 2.75) is 32.2 Å². The number of anilines is 3. The van der Waals surface area contributed by atoms with Gasteiger partial charge in [-0.2, -0.15) is 19.6 Å². The van der Waals surface area contributed by atoms with E-state index in [1.165, 1.54) is 0 Å². The summed E-state index contributed by atoms with van der Waals surface area (Å²) in [7, 11) is 0. The van der Waals surface area contributed by atoms with E-state index in [2.05, 4.69) is 32.6 Å². The van der Waals surface area contributed by atoms with Crippen LogP contribution in [0.25, 0.3) is 11.7 Å². The van der Waals surface area contributed by atoms with Gasteiger partial charge in [0.05, 0.1) is 12.6 Å². The number of nitrogens with one attached hydrogen (secondary N) is 3. The quantitative estimate of drug-likeness (QED) is 0.579. The number of hydrogen-bond acceptors (Lipinski definition) is 6. The number of nitrogens with zero attached hydrogens (tertiary/aromatic N) is 4. The minimum absolute atomic E-state index is 0.0628. The van der Waals surface area contributed by atoms with Crippen molar-refractivity contribution in [3.8, 4) is 0 Å². The molecule has 1 aliphatic heterocycles. The van der Waals surface area contributed by atoms with Crippen LogP contribution in [0.2, 0.25) is 5.02 Å². The lowest BCUT2D eigenvalue weighted by Gasteiger charge is -2.12. The molecule has 1 amide bonds. The molecule has 1 aromatic carbocycles. The number of hydrogen-bond donors (Lipinski definition) is 3. The van der Waals surface area contributed by atoms with Crippen LogP contribution in [-0.2, 0) is 4.79 Å². The molecule has 0 spiro atoms. The second kappa shape index (κ2) is 7.14. The molecule has 0 radical (unpaired) electrons. The van der Waals surface area contributed by atoms with E-state index >= 15 is 0 Å². The van der Waals surface area contributed by atoms with Gasteiger partial charge in [-0.05, 0) is 49.1 Å². The fraction of sp³-hybridized carbons (Fsp3) is 0.238. The first-order valence-corrected chi connectivity index (χ1v) is 10.1. The normalized spacial score (nSPS) is 17.6. The summed E-state index contributed by atoms with van der Waals surface area (Å²) in [6, 6.07) is 6.03. The van der Waals surface area contributed by atoms with E-state index in [0.717, 1.165) is 35.2 Å². The predicted octanol–water partition coefficient (Wildman–Crippen LogP) is 3.82. The Hall–Kier alpha value is -3.39. The van der Waals surface area contributed by atoms with Gasteiger partial charge in [-0.25, -0.2) is 0 Å². The van der Waals surface area contributed by atoms with Crippen LogP contribution in [-0.4, -0.2) is 31.5 Å². The maximum Gasteiger partial charge on any atom is 0.232 e. The fourth-order valence-corrected chi connectivity index (χ4v) is 3.48. The van der Waals surface area contributed by atoms with E-state index in [9.17, 15) is 4.79 Å². The number of fused-ring (bicyclic) bond motifs is 1. The first-order valence-electron chi connectivity index (χ1n) is 9.71. The first kappa shape index (κ1) is 18.6. The summed E-state index contributed by atoms with van der Waals surface area (Å²) < 4.78 is 1.69. The second-order valence-electron chi connectivity index (χ2n) is 7.58. The van der Waals surface area contributed by atoms with E-state index in [1.54, 1.807) is 10.7 Å². The monoisotopic (exact) mass is 421 g/mol. The van der Waals surface area contributed by atoms with Gasteiger partial charge in [0.2, 0.25) is 17.8 Å². The number of benzene rings is 1. The molecule has 2 fully saturated rings. The van der Waals surface area contributed by atoms with Gasteiger partial charge < -0.3 is 16.0 Å². The van der Waals surface area contributed by atoms with E-state index in [0.29, 0.717) is 40.7 Å². The number of amides is 1. The molecule has 152 valence electrons. The topological polar surface area (TPSA) is 96.2 Å². The van der Waals surface area contributed by atoms with Crippen LogP contribution in [0.1, 0.15) is 30.4 Å². The van der Waals surface area contributed by atoms with Gasteiger partial charge in [0.25, 0.3) is 0 Å². The molecular formula is C21H20ClN7O. The number of aryl methyl sites for hydroxylation is 1. The first-order chi connectivity index (χ1) is 14.5. The second-order valence-corrected chi connectivity index (χ2v) is 8.02. The molecule has 5 rings (SSSR count). The molecular weight excluding hydrogens is 402 g/mol. The maximum atomic E-state index is 11.7. The van der Waals surface area contributed by atoms with Crippen molar-refractivity contribution in [2.75, 3.05) is 10.6 Å². The zero-order chi connectivity index (χ0) is 20.8. The number of halogens is 1. The summed E-state index contributed by atoms with van der Waals surface area (Å²) >= 11 is 6.16. The molecule has 3 heterocycles. The number of carbonyl (C=O) groups is 1. The smallest absolute Gasteiger partial charge is 0.232 e. The molecule has 1 saturated carbocycles. The van der Waals surface area contributed by atoms with Gasteiger partial charge in [0, 0.05) is 28.0 Å². The lowest BCUT2D eigenvalue weighted by Crippen LogP contribution is -2.12. The van der Waals surface area contributed by atoms with Crippen LogP contribution in [0.4, 0.5) is 17.6 Å². The van der Waals surface area contributed by atoms with Crippen molar-refractivity contribution in [2.24, 2.45) is 0 Å². The molecule has 0 bridgehead atoms. The van der Waals surface area contributed by atoms with Crippen LogP contribution < -0.4 is 16.0 Å². The summed E-state index contributed by atoms with van der Waals surface area (Å²) in [4.78, 5) is 21.0. The molecule has 2 aliphatic rings. The van der Waals surface area contributed by atoms with Crippen molar-refractivity contribution < 1.29 is 4.79 Å². The van der Waals surface area contributed by atoms with Gasteiger partial charge in [0.1, 0.15) is 0 Å². The molecule has 0 atom stereocenters. The van der Waals surface area contributed by atoms with Gasteiger partial charge >= 0.3 is 0 Å². The molecule has 9 heteroatoms. The van der Waals surface area contributed by atoms with Crippen molar-refractivity contribution in [3.63, 3.8) is 0 Å². The molecule has 3 aromatic rings. The van der Waals surface area contributed by atoms with Crippen LogP contribution in [0.5, 0.6) is 0 Å². The lowest BCUT2D eigenvalue weighted by molar-refractivity contribution is -0.118. The average molecular weight is 422 g/mol. The highest BCUT2D eigenvalue weighted by Crippen LogP contribution is 2.28. The summed E-state index contributed by atoms with van der Waals surface area (Å²) in [6.45, 7) is 5.90. The Morgan fingerprint density at radius 1 is 1.33 bits per heavy atom. The molecule has 3 N–H and O–H groups in total. The van der Waals surface area contributed by atoms with Crippen LogP contribution in [0.3, 0.4) is 0 Å². The van der Waals surface area contributed by atoms with E-state index in [-0.39, 0.29) is 5.91 Å². The summed E-state index contributed by atoms with van der Waals surface area (Å²) in [5.74, 6) is 0.997. The Morgan fingerprint density at radius 3 is 2.90 bits per heavy atom. The maximum absolute atomic E-state index is 11.7. The summed E-state index contributed by atoms with van der Waals surface area (Å²) in [5.41, 5.74) is 4.72. The average Bonchev–Trinajstić information content (AvgIpc) is 3.34. The third kappa shape index (κ3) is 3.61. The number of rotatable bonds is 5. The molecule has 30 heavy (non-hydrogen) atoms. The highest BCUT2D eigenvalue weighted by molar-refractivity contribution is 6.30. The summed E-state index contributed by atoms with van der Waals surface area (Å²) in [5, 5.41) is 14.5. The fourth-order valence-electron chi connectivity index (χ4n) is 3.30. The van der Waals surface area contributed by atoms with E-state index in [1.807, 2.05) is 31.2 Å². The molecule has 0 unspecified atom stereocenters. The largest absolute Gasteiger partial charge is 0.351 e. The zero-order valence-electron chi connectivity index (χ0n) is 16.4. The Bertz CT molecular complexity index is 1230. The van der Waals surface area contributed by atoms with Crippen molar-refractivity contribution in [1.82, 2.24) is 24.9 Å². The molecule has 8 nitrogen and oxygen atoms in total. The zero-order valence-corrected chi connectivity index (χ0v) is 17.1. The van der Waals surface area contributed by atoms with Crippen molar-refractivity contribution >= 4 is 46.8 Å². The Balaban J connectivity index is 1.59. The molecule has 1 aliphatic carbocycles. The number of allylic oxidation sites excluding steroid dienone is 1. The van der Waals surface area contributed by atoms with E-state index < -0.39 is 0 Å². The number of aromatic nitrogens is 4. The Labute approximate surface area is 178 Å². The van der Waals surface area contributed by atoms with Gasteiger partial charge in [0.15, 0.2) is 5.65 Å². The summed E-state index contributed by atoms with van der Waals surface area (Å²) in [6.07, 6.45) is 6.12. The van der Waals surface area contributed by atoms with Crippen LogP contribution >= 0.6 is 11.6 Å². The minimum atomic E-state index is -0.0628.